The first-order chi connectivity index (χ1) is 9.24. The Balaban J connectivity index is 1.62. The van der Waals surface area contributed by atoms with Gasteiger partial charge < -0.3 is 20.3 Å². The van der Waals surface area contributed by atoms with Gasteiger partial charge in [-0.05, 0) is 24.3 Å². The van der Waals surface area contributed by atoms with Crippen molar-refractivity contribution < 1.29 is 14.9 Å². The molecular weight excluding hydrogens is 262 g/mol. The zero-order valence-corrected chi connectivity index (χ0v) is 12.0. The summed E-state index contributed by atoms with van der Waals surface area (Å²) in [6.45, 7) is 1.51. The van der Waals surface area contributed by atoms with Crippen LogP contribution in [-0.2, 0) is 11.3 Å². The quantitative estimate of drug-likeness (QED) is 0.678. The van der Waals surface area contributed by atoms with Crippen LogP contribution in [0.25, 0.3) is 0 Å². The fourth-order valence-corrected chi connectivity index (χ4v) is 3.17. The summed E-state index contributed by atoms with van der Waals surface area (Å²) in [5.41, 5.74) is -0.172. The second kappa shape index (κ2) is 7.36. The van der Waals surface area contributed by atoms with Gasteiger partial charge in [0.1, 0.15) is 0 Å². The summed E-state index contributed by atoms with van der Waals surface area (Å²) in [6, 6.07) is 4.01. The van der Waals surface area contributed by atoms with E-state index in [2.05, 4.69) is 5.32 Å². The topological polar surface area (TPSA) is 61.7 Å². The van der Waals surface area contributed by atoms with Crippen LogP contribution in [-0.4, -0.2) is 41.6 Å². The van der Waals surface area contributed by atoms with Gasteiger partial charge in [-0.15, -0.1) is 11.3 Å². The fourth-order valence-electron chi connectivity index (χ4n) is 2.53. The van der Waals surface area contributed by atoms with Crippen molar-refractivity contribution >= 4 is 11.3 Å². The fraction of sp³-hybridized carbons (Fsp3) is 0.714. The molecule has 4 nitrogen and oxygen atoms in total. The van der Waals surface area contributed by atoms with Crippen LogP contribution in [0.3, 0.4) is 0 Å². The maximum Gasteiger partial charge on any atom is 0.0898 e. The van der Waals surface area contributed by atoms with E-state index >= 15 is 0 Å². The number of nitrogens with one attached hydrogen (secondary N) is 1. The van der Waals surface area contributed by atoms with Crippen molar-refractivity contribution in [3.8, 4) is 0 Å². The lowest BCUT2D eigenvalue weighted by Crippen LogP contribution is -2.49. The first-order valence-corrected chi connectivity index (χ1v) is 7.76. The van der Waals surface area contributed by atoms with Gasteiger partial charge in [-0.3, -0.25) is 0 Å². The van der Waals surface area contributed by atoms with Crippen molar-refractivity contribution in [2.75, 3.05) is 19.8 Å². The number of aliphatic hydroxyl groups excluding tert-OH is 2. The van der Waals surface area contributed by atoms with Crippen molar-refractivity contribution in [2.24, 2.45) is 0 Å². The smallest absolute Gasteiger partial charge is 0.0898 e. The van der Waals surface area contributed by atoms with Gasteiger partial charge in [-0.2, -0.15) is 0 Å². The average Bonchev–Trinajstić information content (AvgIpc) is 3.08. The van der Waals surface area contributed by atoms with Crippen molar-refractivity contribution in [1.82, 2.24) is 5.32 Å². The Bertz CT molecular complexity index is 350. The molecule has 0 spiro atoms. The number of rotatable bonds is 8. The number of thiophene rings is 1. The second-order valence-corrected chi connectivity index (χ2v) is 6.31. The molecule has 1 saturated carbocycles. The van der Waals surface area contributed by atoms with E-state index in [-0.39, 0.29) is 12.1 Å². The average molecular weight is 285 g/mol. The van der Waals surface area contributed by atoms with Crippen LogP contribution in [0.5, 0.6) is 0 Å². The highest BCUT2D eigenvalue weighted by atomic mass is 32.1. The molecule has 3 N–H and O–H groups in total. The van der Waals surface area contributed by atoms with Gasteiger partial charge >= 0.3 is 0 Å². The van der Waals surface area contributed by atoms with E-state index in [0.29, 0.717) is 19.8 Å². The van der Waals surface area contributed by atoms with Gasteiger partial charge in [0.15, 0.2) is 0 Å². The Hall–Kier alpha value is -0.460. The molecule has 5 heteroatoms. The van der Waals surface area contributed by atoms with E-state index in [1.165, 1.54) is 4.88 Å². The van der Waals surface area contributed by atoms with E-state index in [4.69, 9.17) is 4.74 Å². The molecule has 0 aromatic carbocycles. The van der Waals surface area contributed by atoms with E-state index in [1.807, 2.05) is 17.5 Å². The lowest BCUT2D eigenvalue weighted by molar-refractivity contribution is 0.0229. The van der Waals surface area contributed by atoms with E-state index in [1.54, 1.807) is 11.3 Å². The largest absolute Gasteiger partial charge is 0.394 e. The Kier molecular flexibility index (Phi) is 5.78. The zero-order valence-electron chi connectivity index (χ0n) is 11.2. The summed E-state index contributed by atoms with van der Waals surface area (Å²) in [4.78, 5) is 1.17. The Morgan fingerprint density at radius 3 is 2.84 bits per heavy atom. The highest BCUT2D eigenvalue weighted by Crippen LogP contribution is 2.28. The predicted octanol–water partition coefficient (Wildman–Crippen LogP) is 1.52. The zero-order chi connectivity index (χ0) is 13.6. The van der Waals surface area contributed by atoms with Gasteiger partial charge in [0, 0.05) is 17.0 Å². The highest BCUT2D eigenvalue weighted by Gasteiger charge is 2.32. The molecule has 0 amide bonds. The number of hydrogen-bond acceptors (Lipinski definition) is 5. The number of ether oxygens (including phenoxy) is 1. The molecule has 19 heavy (non-hydrogen) atoms. The third kappa shape index (κ3) is 4.54. The molecule has 108 valence electrons. The SMILES string of the molecule is OCC1(NCC(O)COCc2cccs2)CCCC1. The van der Waals surface area contributed by atoms with Crippen LogP contribution in [0.1, 0.15) is 30.6 Å². The summed E-state index contributed by atoms with van der Waals surface area (Å²) >= 11 is 1.66. The first-order valence-electron chi connectivity index (χ1n) is 6.88. The van der Waals surface area contributed by atoms with Gasteiger partial charge in [0.05, 0.1) is 25.9 Å². The summed E-state index contributed by atoms with van der Waals surface area (Å²) in [5, 5.41) is 24.7. The van der Waals surface area contributed by atoms with E-state index < -0.39 is 6.10 Å². The van der Waals surface area contributed by atoms with Crippen LogP contribution in [0.2, 0.25) is 0 Å². The molecule has 1 aliphatic carbocycles. The molecule has 1 unspecified atom stereocenters. The standard InChI is InChI=1S/C14H23NO3S/c16-11-14(5-1-2-6-14)15-8-12(17)9-18-10-13-4-3-7-19-13/h3-4,7,12,15-17H,1-2,5-6,8-11H2. The summed E-state index contributed by atoms with van der Waals surface area (Å²) in [7, 11) is 0. The third-order valence-electron chi connectivity index (χ3n) is 3.71. The molecular formula is C14H23NO3S. The predicted molar refractivity (Wildman–Crippen MR) is 76.3 cm³/mol. The van der Waals surface area contributed by atoms with Gasteiger partial charge in [-0.25, -0.2) is 0 Å². The summed E-state index contributed by atoms with van der Waals surface area (Å²) < 4.78 is 5.48. The molecule has 0 saturated heterocycles. The van der Waals surface area contributed by atoms with Crippen LogP contribution in [0.15, 0.2) is 17.5 Å². The summed E-state index contributed by atoms with van der Waals surface area (Å²) in [5.74, 6) is 0. The maximum atomic E-state index is 9.88. The number of β-amino-alcohol motifs (C(OH)–C–C–N with tert-alkyl or cyclic N) is 1. The molecule has 1 aromatic heterocycles. The monoisotopic (exact) mass is 285 g/mol. The number of aliphatic hydroxyl groups is 2. The number of hydrogen-bond donors (Lipinski definition) is 3. The maximum absolute atomic E-state index is 9.88. The van der Waals surface area contributed by atoms with Crippen molar-refractivity contribution in [2.45, 2.75) is 43.9 Å². The van der Waals surface area contributed by atoms with Crippen molar-refractivity contribution in [1.29, 1.82) is 0 Å². The minimum absolute atomic E-state index is 0.149. The van der Waals surface area contributed by atoms with Crippen LogP contribution >= 0.6 is 11.3 Å². The highest BCUT2D eigenvalue weighted by molar-refractivity contribution is 7.09. The van der Waals surface area contributed by atoms with Crippen molar-refractivity contribution in [3.05, 3.63) is 22.4 Å². The first kappa shape index (κ1) is 14.9. The van der Waals surface area contributed by atoms with Crippen LogP contribution in [0.4, 0.5) is 0 Å². The molecule has 1 aromatic rings. The van der Waals surface area contributed by atoms with Crippen LogP contribution < -0.4 is 5.32 Å². The Labute approximate surface area is 118 Å². The Morgan fingerprint density at radius 2 is 2.21 bits per heavy atom. The van der Waals surface area contributed by atoms with Gasteiger partial charge in [0.25, 0.3) is 0 Å². The molecule has 2 rings (SSSR count). The van der Waals surface area contributed by atoms with E-state index in [0.717, 1.165) is 25.7 Å². The molecule has 0 radical (unpaired) electrons. The van der Waals surface area contributed by atoms with Crippen molar-refractivity contribution in [3.63, 3.8) is 0 Å². The lowest BCUT2D eigenvalue weighted by atomic mass is 9.99. The molecule has 1 atom stereocenters. The molecule has 1 heterocycles. The molecule has 0 aliphatic heterocycles. The van der Waals surface area contributed by atoms with Gasteiger partial charge in [-0.1, -0.05) is 18.9 Å². The van der Waals surface area contributed by atoms with Gasteiger partial charge in [0.2, 0.25) is 0 Å². The minimum Gasteiger partial charge on any atom is -0.394 e. The van der Waals surface area contributed by atoms with Crippen LogP contribution in [0, 0.1) is 0 Å². The molecule has 1 aliphatic rings. The Morgan fingerprint density at radius 1 is 1.42 bits per heavy atom. The molecule has 0 bridgehead atoms. The van der Waals surface area contributed by atoms with E-state index in [9.17, 15) is 10.2 Å². The second-order valence-electron chi connectivity index (χ2n) is 5.27. The summed E-state index contributed by atoms with van der Waals surface area (Å²) in [6.07, 6.45) is 3.76. The lowest BCUT2D eigenvalue weighted by Gasteiger charge is -2.29. The molecule has 1 fully saturated rings. The third-order valence-corrected chi connectivity index (χ3v) is 4.56. The normalized spacial score (nSPS) is 19.7. The minimum atomic E-state index is -0.524.